The van der Waals surface area contributed by atoms with Crippen LogP contribution >= 0.6 is 0 Å². The quantitative estimate of drug-likeness (QED) is 0.472. The van der Waals surface area contributed by atoms with Gasteiger partial charge in [-0.1, -0.05) is 0 Å². The van der Waals surface area contributed by atoms with Gasteiger partial charge in [-0.15, -0.1) is 0 Å². The van der Waals surface area contributed by atoms with Crippen molar-refractivity contribution in [3.63, 3.8) is 0 Å². The van der Waals surface area contributed by atoms with Crippen molar-refractivity contribution < 1.29 is 4.79 Å². The second-order valence-corrected chi connectivity index (χ2v) is 9.34. The number of hydrogen-bond donors (Lipinski definition) is 2. The summed E-state index contributed by atoms with van der Waals surface area (Å²) in [6, 6.07) is 9.62. The van der Waals surface area contributed by atoms with Crippen molar-refractivity contribution in [3.8, 4) is 17.3 Å². The first-order chi connectivity index (χ1) is 17.0. The van der Waals surface area contributed by atoms with Crippen LogP contribution in [0, 0.1) is 29.6 Å². The Bertz CT molecular complexity index is 1540. The van der Waals surface area contributed by atoms with Gasteiger partial charge in [0.15, 0.2) is 0 Å². The molecule has 0 aromatic carbocycles. The highest BCUT2D eigenvalue weighted by atomic mass is 16.2. The average molecular weight is 463 g/mol. The van der Waals surface area contributed by atoms with E-state index in [0.717, 1.165) is 52.8 Å². The maximum Gasteiger partial charge on any atom is 0.229 e. The molecule has 6 rings (SSSR count). The van der Waals surface area contributed by atoms with E-state index in [9.17, 15) is 10.1 Å². The molecule has 9 heteroatoms. The van der Waals surface area contributed by atoms with E-state index >= 15 is 0 Å². The lowest BCUT2D eigenvalue weighted by Crippen LogP contribution is -2.51. The Kier molecular flexibility index (Phi) is 4.64. The summed E-state index contributed by atoms with van der Waals surface area (Å²) < 4.78 is 0. The summed E-state index contributed by atoms with van der Waals surface area (Å²) in [5, 5.41) is 13.9. The zero-order valence-electron chi connectivity index (χ0n) is 19.1. The predicted octanol–water partition coefficient (Wildman–Crippen LogP) is 3.31. The van der Waals surface area contributed by atoms with Gasteiger partial charge in [-0.25, -0.2) is 9.97 Å². The molecule has 0 bridgehead atoms. The van der Waals surface area contributed by atoms with E-state index in [-0.39, 0.29) is 17.2 Å². The molecular formula is C26H22N8O. The van der Waals surface area contributed by atoms with E-state index in [1.54, 1.807) is 37.1 Å². The molecular weight excluding hydrogens is 440 g/mol. The molecule has 172 valence electrons. The lowest BCUT2D eigenvalue weighted by molar-refractivity contribution is -0.118. The van der Waals surface area contributed by atoms with E-state index < -0.39 is 0 Å². The fourth-order valence-corrected chi connectivity index (χ4v) is 5.01. The number of amides is 1. The first-order valence-corrected chi connectivity index (χ1v) is 11.3. The Morgan fingerprint density at radius 3 is 2.80 bits per heavy atom. The summed E-state index contributed by atoms with van der Waals surface area (Å²) in [6.07, 6.45) is 9.31. The number of nitrogens with one attached hydrogen (secondary N) is 1. The van der Waals surface area contributed by atoms with Crippen molar-refractivity contribution in [2.75, 3.05) is 29.0 Å². The molecule has 1 atom stereocenters. The van der Waals surface area contributed by atoms with Crippen molar-refractivity contribution in [2.24, 2.45) is 11.3 Å². The summed E-state index contributed by atoms with van der Waals surface area (Å²) in [7, 11) is 0. The van der Waals surface area contributed by atoms with E-state index in [0.29, 0.717) is 17.2 Å². The molecule has 1 unspecified atom stereocenters. The number of aromatic nitrogens is 4. The van der Waals surface area contributed by atoms with Crippen LogP contribution in [0.25, 0.3) is 22.0 Å². The number of hydrogen-bond acceptors (Lipinski definition) is 8. The van der Waals surface area contributed by atoms with Crippen LogP contribution in [0.3, 0.4) is 0 Å². The number of fused-ring (bicyclic) bond motifs is 1. The SMILES string of the molecule is Cc1ccncc1-c1cc2cc(NC(=O)C3CC34CN(c3cnccc3C#N)C4)ncc2c(N)n1. The van der Waals surface area contributed by atoms with Gasteiger partial charge in [0.1, 0.15) is 17.7 Å². The summed E-state index contributed by atoms with van der Waals surface area (Å²) in [5.41, 5.74) is 10.3. The fourth-order valence-electron chi connectivity index (χ4n) is 5.01. The van der Waals surface area contributed by atoms with Crippen molar-refractivity contribution >= 4 is 34.0 Å². The second-order valence-electron chi connectivity index (χ2n) is 9.34. The average Bonchev–Trinajstić information content (AvgIpc) is 3.60. The van der Waals surface area contributed by atoms with Crippen LogP contribution in [0.2, 0.25) is 0 Å². The Morgan fingerprint density at radius 1 is 1.20 bits per heavy atom. The highest BCUT2D eigenvalue weighted by Crippen LogP contribution is 2.59. The van der Waals surface area contributed by atoms with E-state index in [2.05, 4.69) is 36.2 Å². The zero-order valence-corrected chi connectivity index (χ0v) is 19.1. The number of carbonyl (C=O) groups excluding carboxylic acids is 1. The smallest absolute Gasteiger partial charge is 0.229 e. The lowest BCUT2D eigenvalue weighted by Gasteiger charge is -2.42. The third-order valence-electron chi connectivity index (χ3n) is 7.09. The third kappa shape index (κ3) is 3.51. The molecule has 3 N–H and O–H groups in total. The zero-order chi connectivity index (χ0) is 24.2. The monoisotopic (exact) mass is 462 g/mol. The number of nitriles is 1. The van der Waals surface area contributed by atoms with Gasteiger partial charge in [0.2, 0.25) is 5.91 Å². The summed E-state index contributed by atoms with van der Waals surface area (Å²) in [4.78, 5) is 32.4. The third-order valence-corrected chi connectivity index (χ3v) is 7.09. The molecule has 1 saturated carbocycles. The number of rotatable bonds is 4. The molecule has 1 spiro atoms. The van der Waals surface area contributed by atoms with Gasteiger partial charge in [0.25, 0.3) is 0 Å². The topological polar surface area (TPSA) is 134 Å². The van der Waals surface area contributed by atoms with E-state index in [1.165, 1.54) is 0 Å². The van der Waals surface area contributed by atoms with Crippen molar-refractivity contribution in [2.45, 2.75) is 13.3 Å². The maximum absolute atomic E-state index is 13.0. The standard InChI is InChI=1S/C26H22N8O/c1-15-2-4-29-10-18(15)21-6-17-7-23(31-11-19(17)24(28)32-21)33-25(35)20-8-26(20)13-34(14-26)22-12-30-5-3-16(22)9-27/h2-7,10-12,20H,8,13-14H2,1H3,(H2,28,32)(H,31,33,35). The van der Waals surface area contributed by atoms with E-state index in [1.807, 2.05) is 25.1 Å². The normalized spacial score (nSPS) is 17.6. The predicted molar refractivity (Wildman–Crippen MR) is 132 cm³/mol. The molecule has 1 aliphatic heterocycles. The first kappa shape index (κ1) is 21.0. The number of nitrogens with two attached hydrogens (primary N) is 1. The Balaban J connectivity index is 1.18. The van der Waals surface area contributed by atoms with Gasteiger partial charge in [0.05, 0.1) is 23.1 Å². The number of anilines is 3. The van der Waals surface area contributed by atoms with Gasteiger partial charge >= 0.3 is 0 Å². The molecule has 4 aromatic rings. The van der Waals surface area contributed by atoms with Crippen LogP contribution in [0.1, 0.15) is 17.5 Å². The fraction of sp³-hybridized carbons (Fsp3) is 0.231. The Labute approximate surface area is 201 Å². The number of nitrogens with zero attached hydrogens (tertiary/aromatic N) is 6. The molecule has 4 aromatic heterocycles. The molecule has 5 heterocycles. The second kappa shape index (κ2) is 7.74. The molecule has 35 heavy (non-hydrogen) atoms. The summed E-state index contributed by atoms with van der Waals surface area (Å²) in [6.45, 7) is 3.49. The van der Waals surface area contributed by atoms with Gasteiger partial charge in [-0.05, 0) is 48.6 Å². The Morgan fingerprint density at radius 2 is 2.00 bits per heavy atom. The summed E-state index contributed by atoms with van der Waals surface area (Å²) >= 11 is 0. The van der Waals surface area contributed by atoms with E-state index in [4.69, 9.17) is 5.73 Å². The number of nitrogen functional groups attached to an aromatic ring is 1. The molecule has 1 saturated heterocycles. The highest BCUT2D eigenvalue weighted by molar-refractivity contribution is 5.99. The van der Waals surface area contributed by atoms with Gasteiger partial charge in [0, 0.05) is 60.2 Å². The van der Waals surface area contributed by atoms with Crippen molar-refractivity contribution in [1.82, 2.24) is 19.9 Å². The number of pyridine rings is 4. The van der Waals surface area contributed by atoms with Crippen LogP contribution in [-0.4, -0.2) is 38.9 Å². The minimum atomic E-state index is -0.0745. The van der Waals surface area contributed by atoms with Crippen molar-refractivity contribution in [3.05, 3.63) is 66.4 Å². The molecule has 2 aliphatic rings. The largest absolute Gasteiger partial charge is 0.383 e. The van der Waals surface area contributed by atoms with Crippen LogP contribution in [-0.2, 0) is 4.79 Å². The molecule has 9 nitrogen and oxygen atoms in total. The lowest BCUT2D eigenvalue weighted by atomic mass is 9.92. The van der Waals surface area contributed by atoms with Crippen LogP contribution in [0.4, 0.5) is 17.3 Å². The maximum atomic E-state index is 13.0. The Hall–Kier alpha value is -4.58. The highest BCUT2D eigenvalue weighted by Gasteiger charge is 2.64. The van der Waals surface area contributed by atoms with Gasteiger partial charge in [-0.3, -0.25) is 14.8 Å². The number of aryl methyl sites for hydroxylation is 1. The molecule has 1 aliphatic carbocycles. The minimum absolute atomic E-state index is 0.0338. The van der Waals surface area contributed by atoms with Crippen LogP contribution in [0.15, 0.2) is 55.2 Å². The number of carbonyl (C=O) groups is 1. The van der Waals surface area contributed by atoms with Crippen LogP contribution < -0.4 is 16.0 Å². The first-order valence-electron chi connectivity index (χ1n) is 11.3. The minimum Gasteiger partial charge on any atom is -0.383 e. The molecule has 1 amide bonds. The van der Waals surface area contributed by atoms with Gasteiger partial charge in [-0.2, -0.15) is 5.26 Å². The summed E-state index contributed by atoms with van der Waals surface area (Å²) in [5.74, 6) is 0.760. The molecule has 0 radical (unpaired) electrons. The molecule has 2 fully saturated rings. The van der Waals surface area contributed by atoms with Crippen molar-refractivity contribution in [1.29, 1.82) is 5.26 Å². The van der Waals surface area contributed by atoms with Crippen LogP contribution in [0.5, 0.6) is 0 Å². The van der Waals surface area contributed by atoms with Gasteiger partial charge < -0.3 is 16.0 Å².